The second kappa shape index (κ2) is 7.55. The Morgan fingerprint density at radius 3 is 2.50 bits per heavy atom. The molecule has 1 aromatic rings. The van der Waals surface area contributed by atoms with Crippen molar-refractivity contribution in [1.29, 1.82) is 0 Å². The molecule has 122 valence electrons. The van der Waals surface area contributed by atoms with Crippen molar-refractivity contribution in [2.45, 2.75) is 44.2 Å². The van der Waals surface area contributed by atoms with E-state index in [2.05, 4.69) is 40.1 Å². The third kappa shape index (κ3) is 3.69. The number of benzene rings is 1. The van der Waals surface area contributed by atoms with Gasteiger partial charge in [0.15, 0.2) is 6.29 Å². The van der Waals surface area contributed by atoms with Gasteiger partial charge in [-0.15, -0.1) is 0 Å². The van der Waals surface area contributed by atoms with Gasteiger partial charge in [0.05, 0.1) is 0 Å². The van der Waals surface area contributed by atoms with Gasteiger partial charge in [0.25, 0.3) is 0 Å². The molecule has 2 bridgehead atoms. The zero-order valence-electron chi connectivity index (χ0n) is 13.8. The van der Waals surface area contributed by atoms with Crippen LogP contribution in [-0.2, 0) is 16.0 Å². The van der Waals surface area contributed by atoms with Crippen LogP contribution in [0.2, 0.25) is 0 Å². The number of ether oxygens (including phenoxy) is 2. The van der Waals surface area contributed by atoms with Crippen molar-refractivity contribution in [3.05, 3.63) is 35.9 Å². The summed E-state index contributed by atoms with van der Waals surface area (Å²) in [7, 11) is 3.44. The van der Waals surface area contributed by atoms with E-state index in [1.807, 2.05) is 0 Å². The fourth-order valence-corrected chi connectivity index (χ4v) is 3.92. The topological polar surface area (TPSA) is 24.9 Å². The van der Waals surface area contributed by atoms with Crippen LogP contribution in [0.1, 0.15) is 24.8 Å². The lowest BCUT2D eigenvalue weighted by atomic mass is 10.1. The van der Waals surface area contributed by atoms with Crippen LogP contribution in [-0.4, -0.2) is 62.0 Å². The first-order valence-electron chi connectivity index (χ1n) is 8.37. The number of hydrogen-bond acceptors (Lipinski definition) is 4. The van der Waals surface area contributed by atoms with Gasteiger partial charge in [-0.3, -0.25) is 9.80 Å². The Balaban J connectivity index is 1.63. The third-order valence-corrected chi connectivity index (χ3v) is 5.16. The minimum Gasteiger partial charge on any atom is -0.355 e. The summed E-state index contributed by atoms with van der Waals surface area (Å²) < 4.78 is 10.7. The fourth-order valence-electron chi connectivity index (χ4n) is 3.92. The van der Waals surface area contributed by atoms with Gasteiger partial charge in [-0.1, -0.05) is 30.3 Å². The van der Waals surface area contributed by atoms with Crippen LogP contribution in [0, 0.1) is 0 Å². The summed E-state index contributed by atoms with van der Waals surface area (Å²) >= 11 is 0. The molecule has 0 unspecified atom stereocenters. The Bertz CT molecular complexity index is 450. The maximum absolute atomic E-state index is 5.37. The molecule has 4 nitrogen and oxygen atoms in total. The molecule has 0 N–H and O–H groups in total. The normalized spacial score (nSPS) is 26.5. The Hall–Kier alpha value is -0.940. The lowest BCUT2D eigenvalue weighted by molar-refractivity contribution is -0.116. The van der Waals surface area contributed by atoms with E-state index in [-0.39, 0.29) is 6.29 Å². The van der Waals surface area contributed by atoms with Gasteiger partial charge in [-0.05, 0) is 31.4 Å². The van der Waals surface area contributed by atoms with Gasteiger partial charge in [0, 0.05) is 45.9 Å². The molecule has 2 fully saturated rings. The Kier molecular flexibility index (Phi) is 5.47. The van der Waals surface area contributed by atoms with Crippen LogP contribution < -0.4 is 0 Å². The van der Waals surface area contributed by atoms with Gasteiger partial charge in [0.1, 0.15) is 0 Å². The summed E-state index contributed by atoms with van der Waals surface area (Å²) in [6, 6.07) is 12.3. The Morgan fingerprint density at radius 1 is 1.05 bits per heavy atom. The summed E-state index contributed by atoms with van der Waals surface area (Å²) in [5.74, 6) is 0. The highest BCUT2D eigenvalue weighted by atomic mass is 16.7. The largest absolute Gasteiger partial charge is 0.355 e. The number of rotatable bonds is 6. The van der Waals surface area contributed by atoms with Gasteiger partial charge in [-0.2, -0.15) is 0 Å². The predicted octanol–water partition coefficient (Wildman–Crippen LogP) is 2.34. The van der Waals surface area contributed by atoms with Crippen molar-refractivity contribution >= 4 is 0 Å². The van der Waals surface area contributed by atoms with Crippen LogP contribution in [0.5, 0.6) is 0 Å². The van der Waals surface area contributed by atoms with Gasteiger partial charge in [0.2, 0.25) is 0 Å². The SMILES string of the molecule is COC(CN1CC[C@H]2CC[C@@H](C1)N2Cc1ccccc1)OC. The van der Waals surface area contributed by atoms with Crippen molar-refractivity contribution in [3.63, 3.8) is 0 Å². The Labute approximate surface area is 134 Å². The van der Waals surface area contributed by atoms with E-state index in [1.165, 1.54) is 24.8 Å². The molecule has 0 amide bonds. The molecular formula is C18H28N2O2. The maximum Gasteiger partial charge on any atom is 0.169 e. The second-order valence-corrected chi connectivity index (χ2v) is 6.49. The fraction of sp³-hybridized carbons (Fsp3) is 0.667. The van der Waals surface area contributed by atoms with Crippen molar-refractivity contribution in [1.82, 2.24) is 9.80 Å². The minimum absolute atomic E-state index is 0.112. The van der Waals surface area contributed by atoms with Crippen molar-refractivity contribution in [3.8, 4) is 0 Å². The molecule has 4 heteroatoms. The highest BCUT2D eigenvalue weighted by Crippen LogP contribution is 2.31. The van der Waals surface area contributed by atoms with E-state index in [0.717, 1.165) is 32.2 Å². The van der Waals surface area contributed by atoms with Crippen molar-refractivity contribution < 1.29 is 9.47 Å². The highest BCUT2D eigenvalue weighted by Gasteiger charge is 2.37. The third-order valence-electron chi connectivity index (χ3n) is 5.16. The van der Waals surface area contributed by atoms with E-state index >= 15 is 0 Å². The van der Waals surface area contributed by atoms with Gasteiger partial charge in [-0.25, -0.2) is 0 Å². The summed E-state index contributed by atoms with van der Waals surface area (Å²) in [6.07, 6.45) is 3.81. The van der Waals surface area contributed by atoms with Crippen LogP contribution >= 0.6 is 0 Å². The zero-order valence-corrected chi connectivity index (χ0v) is 13.8. The first-order chi connectivity index (χ1) is 10.8. The van der Waals surface area contributed by atoms with Crippen molar-refractivity contribution in [2.75, 3.05) is 33.9 Å². The lowest BCUT2D eigenvalue weighted by Crippen LogP contribution is -2.41. The summed E-state index contributed by atoms with van der Waals surface area (Å²) in [5.41, 5.74) is 1.43. The molecular weight excluding hydrogens is 276 g/mol. The smallest absolute Gasteiger partial charge is 0.169 e. The molecule has 0 spiro atoms. The molecule has 2 atom stereocenters. The molecule has 0 saturated carbocycles. The summed E-state index contributed by atoms with van der Waals surface area (Å²) in [4.78, 5) is 5.24. The van der Waals surface area contributed by atoms with Crippen LogP contribution in [0.15, 0.2) is 30.3 Å². The summed E-state index contributed by atoms with van der Waals surface area (Å²) in [6.45, 7) is 4.24. The molecule has 2 aliphatic heterocycles. The zero-order chi connectivity index (χ0) is 15.4. The van der Waals surface area contributed by atoms with E-state index in [4.69, 9.17) is 9.47 Å². The molecule has 22 heavy (non-hydrogen) atoms. The predicted molar refractivity (Wildman–Crippen MR) is 87.7 cm³/mol. The molecule has 2 heterocycles. The average Bonchev–Trinajstić information content (AvgIpc) is 2.82. The van der Waals surface area contributed by atoms with Crippen LogP contribution in [0.3, 0.4) is 0 Å². The first kappa shape index (κ1) is 15.9. The number of nitrogens with zero attached hydrogens (tertiary/aromatic N) is 2. The van der Waals surface area contributed by atoms with Crippen molar-refractivity contribution in [2.24, 2.45) is 0 Å². The molecule has 0 aromatic heterocycles. The lowest BCUT2D eigenvalue weighted by Gasteiger charge is -2.30. The van der Waals surface area contributed by atoms with Gasteiger partial charge >= 0.3 is 0 Å². The molecule has 0 aliphatic carbocycles. The minimum atomic E-state index is -0.112. The van der Waals surface area contributed by atoms with E-state index < -0.39 is 0 Å². The van der Waals surface area contributed by atoms with Crippen LogP contribution in [0.4, 0.5) is 0 Å². The first-order valence-corrected chi connectivity index (χ1v) is 8.37. The van der Waals surface area contributed by atoms with Gasteiger partial charge < -0.3 is 9.47 Å². The number of methoxy groups -OCH3 is 2. The number of hydrogen-bond donors (Lipinski definition) is 0. The van der Waals surface area contributed by atoms with Crippen LogP contribution in [0.25, 0.3) is 0 Å². The number of fused-ring (bicyclic) bond motifs is 2. The molecule has 1 aromatic carbocycles. The van der Waals surface area contributed by atoms with E-state index in [1.54, 1.807) is 14.2 Å². The maximum atomic E-state index is 5.37. The summed E-state index contributed by atoms with van der Waals surface area (Å²) in [5, 5.41) is 0. The standard InChI is InChI=1S/C18H28N2O2/c1-21-18(22-2)14-19-11-10-16-8-9-17(13-19)20(16)12-15-6-4-3-5-7-15/h3-7,16-18H,8-14H2,1-2H3/t16-,17+/m1/s1. The van der Waals surface area contributed by atoms with E-state index in [0.29, 0.717) is 6.04 Å². The monoisotopic (exact) mass is 304 g/mol. The molecule has 2 aliphatic rings. The second-order valence-electron chi connectivity index (χ2n) is 6.49. The quantitative estimate of drug-likeness (QED) is 0.753. The number of likely N-dealkylation sites (tertiary alicyclic amines) is 1. The highest BCUT2D eigenvalue weighted by molar-refractivity contribution is 5.15. The average molecular weight is 304 g/mol. The molecule has 2 saturated heterocycles. The van der Waals surface area contributed by atoms with E-state index in [9.17, 15) is 0 Å². The Morgan fingerprint density at radius 2 is 1.77 bits per heavy atom. The molecule has 0 radical (unpaired) electrons. The molecule has 3 rings (SSSR count).